The number of amides is 1. The summed E-state index contributed by atoms with van der Waals surface area (Å²) >= 11 is 0. The maximum Gasteiger partial charge on any atom is 0.309 e. The van der Waals surface area contributed by atoms with Crippen LogP contribution in [-0.4, -0.2) is 43.6 Å². The molecule has 1 fully saturated rings. The molecule has 0 bridgehead atoms. The number of carbonyl (C=O) groups excluding carboxylic acids is 3. The molecule has 0 aromatic heterocycles. The summed E-state index contributed by atoms with van der Waals surface area (Å²) in [6.45, 7) is 6.42. The van der Waals surface area contributed by atoms with Crippen LogP contribution in [0.4, 0.5) is 5.69 Å². The second kappa shape index (κ2) is 12.1. The van der Waals surface area contributed by atoms with Crippen LogP contribution in [0.15, 0.2) is 72.3 Å². The van der Waals surface area contributed by atoms with Gasteiger partial charge in [-0.05, 0) is 72.0 Å². The highest BCUT2D eigenvalue weighted by Crippen LogP contribution is 2.43. The average Bonchev–Trinajstić information content (AvgIpc) is 3.23. The van der Waals surface area contributed by atoms with Gasteiger partial charge in [-0.25, -0.2) is 0 Å². The van der Waals surface area contributed by atoms with E-state index in [1.165, 1.54) is 19.1 Å². The van der Waals surface area contributed by atoms with Gasteiger partial charge in [0.1, 0.15) is 17.3 Å². The number of hydrogen-bond acceptors (Lipinski definition) is 7. The number of carbonyl (C=O) groups is 3. The molecule has 8 nitrogen and oxygen atoms in total. The van der Waals surface area contributed by atoms with Gasteiger partial charge >= 0.3 is 5.97 Å². The number of Topliss-reactive ketones (excluding diaryl/α,β-unsaturated/α-hetero) is 1. The van der Waals surface area contributed by atoms with E-state index in [2.05, 4.69) is 0 Å². The van der Waals surface area contributed by atoms with Crippen molar-refractivity contribution in [1.29, 1.82) is 0 Å². The predicted octanol–water partition coefficient (Wildman–Crippen LogP) is 5.56. The molecule has 1 aliphatic heterocycles. The largest absolute Gasteiger partial charge is 0.507 e. The topological polar surface area (TPSA) is 102 Å². The summed E-state index contributed by atoms with van der Waals surface area (Å²) in [5.74, 6) is -0.907. The first-order chi connectivity index (χ1) is 19.2. The lowest BCUT2D eigenvalue weighted by Crippen LogP contribution is -2.29. The Morgan fingerprint density at radius 3 is 2.35 bits per heavy atom. The van der Waals surface area contributed by atoms with E-state index in [0.29, 0.717) is 40.5 Å². The minimum absolute atomic E-state index is 0.0317. The minimum Gasteiger partial charge on any atom is -0.507 e. The Balaban J connectivity index is 1.88. The average molecular weight is 544 g/mol. The number of rotatable bonds is 9. The van der Waals surface area contributed by atoms with Gasteiger partial charge in [-0.3, -0.25) is 19.3 Å². The number of benzene rings is 3. The quantitative estimate of drug-likeness (QED) is 0.163. The molecule has 8 heteroatoms. The smallest absolute Gasteiger partial charge is 0.309 e. The normalized spacial score (nSPS) is 16.4. The molecule has 1 unspecified atom stereocenters. The van der Waals surface area contributed by atoms with Crippen LogP contribution < -0.4 is 14.4 Å². The van der Waals surface area contributed by atoms with Crippen LogP contribution in [0.1, 0.15) is 55.0 Å². The van der Waals surface area contributed by atoms with Crippen molar-refractivity contribution in [3.05, 3.63) is 94.6 Å². The Morgan fingerprint density at radius 1 is 1.00 bits per heavy atom. The van der Waals surface area contributed by atoms with Gasteiger partial charge in [0.25, 0.3) is 11.7 Å². The zero-order chi connectivity index (χ0) is 29.0. The third-order valence-corrected chi connectivity index (χ3v) is 6.85. The lowest BCUT2D eigenvalue weighted by molar-refractivity contribution is -0.139. The molecular weight excluding hydrogens is 510 g/mol. The lowest BCUT2D eigenvalue weighted by atomic mass is 9.93. The van der Waals surface area contributed by atoms with E-state index in [9.17, 15) is 19.5 Å². The number of hydrogen-bond donors (Lipinski definition) is 1. The summed E-state index contributed by atoms with van der Waals surface area (Å²) in [5.41, 5.74) is 2.98. The van der Waals surface area contributed by atoms with Gasteiger partial charge in [0.15, 0.2) is 0 Å². The second-order valence-corrected chi connectivity index (χ2v) is 9.71. The second-order valence-electron chi connectivity index (χ2n) is 9.71. The van der Waals surface area contributed by atoms with Crippen molar-refractivity contribution in [3.8, 4) is 11.5 Å². The van der Waals surface area contributed by atoms with Crippen LogP contribution in [0.2, 0.25) is 0 Å². The highest BCUT2D eigenvalue weighted by molar-refractivity contribution is 6.51. The van der Waals surface area contributed by atoms with Gasteiger partial charge in [0.05, 0.1) is 38.9 Å². The predicted molar refractivity (Wildman–Crippen MR) is 152 cm³/mol. The zero-order valence-electron chi connectivity index (χ0n) is 23.3. The Bertz CT molecular complexity index is 1460. The SMILES string of the molecule is CCOc1ccc(/C(O)=C2/C(=O)C(=O)N(c3ccc(CC(=O)OC)cc3)C2c2cccc(OC)c2)cc1C(C)C. The van der Waals surface area contributed by atoms with Crippen LogP contribution in [-0.2, 0) is 25.5 Å². The van der Waals surface area contributed by atoms with Crippen molar-refractivity contribution in [2.45, 2.75) is 39.2 Å². The van der Waals surface area contributed by atoms with Gasteiger partial charge in [0.2, 0.25) is 0 Å². The fourth-order valence-corrected chi connectivity index (χ4v) is 4.83. The third-order valence-electron chi connectivity index (χ3n) is 6.85. The van der Waals surface area contributed by atoms with E-state index >= 15 is 0 Å². The van der Waals surface area contributed by atoms with Gasteiger partial charge in [0, 0.05) is 11.3 Å². The Hall–Kier alpha value is -4.59. The molecule has 3 aromatic carbocycles. The van der Waals surface area contributed by atoms with Crippen LogP contribution in [0.25, 0.3) is 5.76 Å². The van der Waals surface area contributed by atoms with Crippen molar-refractivity contribution in [2.24, 2.45) is 0 Å². The number of methoxy groups -OCH3 is 2. The van der Waals surface area contributed by atoms with Crippen molar-refractivity contribution < 1.29 is 33.7 Å². The number of ketones is 1. The first-order valence-corrected chi connectivity index (χ1v) is 13.1. The highest BCUT2D eigenvalue weighted by Gasteiger charge is 2.47. The molecule has 4 rings (SSSR count). The summed E-state index contributed by atoms with van der Waals surface area (Å²) in [4.78, 5) is 40.1. The number of aliphatic hydroxyl groups excluding tert-OH is 1. The molecule has 0 aliphatic carbocycles. The fourth-order valence-electron chi connectivity index (χ4n) is 4.83. The first-order valence-electron chi connectivity index (χ1n) is 13.1. The summed E-state index contributed by atoms with van der Waals surface area (Å²) in [7, 11) is 2.85. The van der Waals surface area contributed by atoms with Gasteiger partial charge < -0.3 is 19.3 Å². The van der Waals surface area contributed by atoms with Crippen molar-refractivity contribution in [3.63, 3.8) is 0 Å². The summed E-state index contributed by atoms with van der Waals surface area (Å²) in [5, 5.41) is 11.6. The molecular formula is C32H33NO7. The molecule has 1 N–H and O–H groups in total. The van der Waals surface area contributed by atoms with Crippen molar-refractivity contribution in [1.82, 2.24) is 0 Å². The lowest BCUT2D eigenvalue weighted by Gasteiger charge is -2.26. The fraction of sp³-hybridized carbons (Fsp3) is 0.281. The Morgan fingerprint density at radius 2 is 1.73 bits per heavy atom. The number of aliphatic hydroxyl groups is 1. The molecule has 0 spiro atoms. The molecule has 1 heterocycles. The van der Waals surface area contributed by atoms with Crippen LogP contribution in [0.5, 0.6) is 11.5 Å². The molecule has 0 radical (unpaired) electrons. The summed E-state index contributed by atoms with van der Waals surface area (Å²) < 4.78 is 15.9. The van der Waals surface area contributed by atoms with Crippen LogP contribution in [0, 0.1) is 0 Å². The first kappa shape index (κ1) is 28.4. The van der Waals surface area contributed by atoms with E-state index in [0.717, 1.165) is 5.56 Å². The monoisotopic (exact) mass is 543 g/mol. The van der Waals surface area contributed by atoms with Crippen LogP contribution in [0.3, 0.4) is 0 Å². The van der Waals surface area contributed by atoms with E-state index < -0.39 is 17.7 Å². The zero-order valence-corrected chi connectivity index (χ0v) is 23.3. The Labute approximate surface area is 233 Å². The van der Waals surface area contributed by atoms with Crippen molar-refractivity contribution in [2.75, 3.05) is 25.7 Å². The van der Waals surface area contributed by atoms with Gasteiger partial charge in [-0.15, -0.1) is 0 Å². The van der Waals surface area contributed by atoms with Crippen LogP contribution >= 0.6 is 0 Å². The molecule has 40 heavy (non-hydrogen) atoms. The highest BCUT2D eigenvalue weighted by atomic mass is 16.5. The molecule has 1 saturated heterocycles. The maximum atomic E-state index is 13.6. The molecule has 1 aliphatic rings. The standard InChI is InChI=1S/C32H33NO7/c1-6-40-26-15-12-22(18-25(26)19(2)3)30(35)28-29(21-8-7-9-24(17-21)38-4)33(32(37)31(28)36)23-13-10-20(11-14-23)16-27(34)39-5/h7-15,17-19,29,35H,6,16H2,1-5H3/b30-28-. The van der Waals surface area contributed by atoms with Crippen molar-refractivity contribution >= 4 is 29.1 Å². The number of nitrogens with zero attached hydrogens (tertiary/aromatic N) is 1. The minimum atomic E-state index is -0.921. The molecule has 1 atom stereocenters. The Kier molecular flexibility index (Phi) is 8.58. The van der Waals surface area contributed by atoms with Gasteiger partial charge in [-0.1, -0.05) is 38.1 Å². The molecule has 3 aromatic rings. The third kappa shape index (κ3) is 5.57. The molecule has 208 valence electrons. The summed E-state index contributed by atoms with van der Waals surface area (Å²) in [6.07, 6.45) is 0.0742. The van der Waals surface area contributed by atoms with E-state index in [1.54, 1.807) is 66.7 Å². The van der Waals surface area contributed by atoms with E-state index in [4.69, 9.17) is 14.2 Å². The number of ether oxygens (including phenoxy) is 3. The molecule has 0 saturated carbocycles. The molecule has 1 amide bonds. The summed E-state index contributed by atoms with van der Waals surface area (Å²) in [6, 6.07) is 18.1. The maximum absolute atomic E-state index is 13.6. The number of anilines is 1. The van der Waals surface area contributed by atoms with Gasteiger partial charge in [-0.2, -0.15) is 0 Å². The van der Waals surface area contributed by atoms with E-state index in [-0.39, 0.29) is 29.6 Å². The number of esters is 1. The van der Waals surface area contributed by atoms with E-state index in [1.807, 2.05) is 20.8 Å².